The molecule has 12 nitrogen and oxygen atoms in total. The summed E-state index contributed by atoms with van der Waals surface area (Å²) in [6.07, 6.45) is 1.38. The number of amides is 1. The third-order valence-corrected chi connectivity index (χ3v) is 5.72. The van der Waals surface area contributed by atoms with Crippen molar-refractivity contribution >= 4 is 23.8 Å². The molecular weight excluding hydrogens is 512 g/mol. The Bertz CT molecular complexity index is 1140. The highest BCUT2D eigenvalue weighted by molar-refractivity contribution is 5.98. The third-order valence-electron chi connectivity index (χ3n) is 5.72. The molecule has 1 saturated heterocycles. The first-order chi connectivity index (χ1) is 18.8. The van der Waals surface area contributed by atoms with E-state index in [1.165, 1.54) is 19.4 Å². The van der Waals surface area contributed by atoms with E-state index in [1.807, 2.05) is 30.3 Å². The van der Waals surface area contributed by atoms with Crippen molar-refractivity contribution in [3.8, 4) is 11.5 Å². The van der Waals surface area contributed by atoms with Crippen LogP contribution in [0.2, 0.25) is 0 Å². The number of rotatable bonds is 11. The maximum atomic E-state index is 13.2. The molecule has 3 atom stereocenters. The van der Waals surface area contributed by atoms with Gasteiger partial charge in [0.25, 0.3) is 5.91 Å². The number of hydrogen-bond donors (Lipinski definition) is 1. The summed E-state index contributed by atoms with van der Waals surface area (Å²) in [5.41, 5.74) is 0.700. The lowest BCUT2D eigenvalue weighted by atomic mass is 9.94. The van der Waals surface area contributed by atoms with Gasteiger partial charge in [0.05, 0.1) is 19.1 Å². The van der Waals surface area contributed by atoms with Crippen LogP contribution in [0.15, 0.2) is 42.6 Å². The molecule has 0 radical (unpaired) electrons. The topological polar surface area (TPSA) is 149 Å². The molecule has 1 aromatic heterocycles. The van der Waals surface area contributed by atoms with Crippen molar-refractivity contribution < 1.29 is 47.6 Å². The molecule has 2 aromatic rings. The zero-order valence-corrected chi connectivity index (χ0v) is 22.0. The number of aromatic nitrogens is 1. The summed E-state index contributed by atoms with van der Waals surface area (Å²) >= 11 is 0. The Hall–Kier alpha value is -4.19. The van der Waals surface area contributed by atoms with Gasteiger partial charge in [-0.2, -0.15) is 0 Å². The van der Waals surface area contributed by atoms with E-state index in [0.29, 0.717) is 13.0 Å². The molecule has 1 fully saturated rings. The fraction of sp³-hybridized carbons (Fsp3) is 0.444. The molecule has 0 aliphatic carbocycles. The van der Waals surface area contributed by atoms with Gasteiger partial charge in [0.1, 0.15) is 13.2 Å². The number of hydrogen-bond acceptors (Lipinski definition) is 11. The Morgan fingerprint density at radius 1 is 1.13 bits per heavy atom. The van der Waals surface area contributed by atoms with Crippen molar-refractivity contribution in [2.45, 2.75) is 38.8 Å². The summed E-state index contributed by atoms with van der Waals surface area (Å²) in [5.74, 6) is -3.27. The Kier molecular flexibility index (Phi) is 11.0. The number of nitrogens with zero attached hydrogens (tertiary/aromatic N) is 1. The molecule has 1 aromatic carbocycles. The van der Waals surface area contributed by atoms with E-state index in [9.17, 15) is 19.2 Å². The van der Waals surface area contributed by atoms with Gasteiger partial charge in [-0.1, -0.05) is 30.3 Å². The van der Waals surface area contributed by atoms with Crippen LogP contribution >= 0.6 is 0 Å². The summed E-state index contributed by atoms with van der Waals surface area (Å²) in [6.45, 7) is 2.50. The molecule has 1 aliphatic rings. The second-order valence-electron chi connectivity index (χ2n) is 8.63. The lowest BCUT2D eigenvalue weighted by molar-refractivity contribution is -0.155. The zero-order valence-electron chi connectivity index (χ0n) is 22.0. The minimum absolute atomic E-state index is 0.119. The highest BCUT2D eigenvalue weighted by Crippen LogP contribution is 2.29. The molecule has 0 bridgehead atoms. The van der Waals surface area contributed by atoms with Crippen molar-refractivity contribution in [3.63, 3.8) is 0 Å². The Labute approximate surface area is 225 Å². The molecule has 12 heteroatoms. The molecule has 2 heterocycles. The molecule has 1 aliphatic heterocycles. The third kappa shape index (κ3) is 8.67. The number of cyclic esters (lactones) is 2. The number of benzene rings is 1. The molecule has 0 unspecified atom stereocenters. The summed E-state index contributed by atoms with van der Waals surface area (Å²) in [6, 6.07) is 9.58. The van der Waals surface area contributed by atoms with E-state index in [4.69, 9.17) is 28.4 Å². The standard InChI is InChI=1S/C27H32N2O10/c1-4-35-15-22(30)37-16-38-24-21(34-3)10-11-28-23(24)25(31)29-20-14-36-26(32)19(12-17(2)39-27(20)33)13-18-8-6-5-7-9-18/h5-11,17,19-20H,4,12-16H2,1-3H3,(H,29,31)/t17-,19-,20-/m0/s1. The van der Waals surface area contributed by atoms with Crippen molar-refractivity contribution in [3.05, 3.63) is 53.9 Å². The summed E-state index contributed by atoms with van der Waals surface area (Å²) in [7, 11) is 1.35. The van der Waals surface area contributed by atoms with Crippen molar-refractivity contribution in [2.75, 3.05) is 33.7 Å². The second kappa shape index (κ2) is 14.7. The Balaban J connectivity index is 1.70. The average molecular weight is 545 g/mol. The second-order valence-corrected chi connectivity index (χ2v) is 8.63. The molecule has 1 amide bonds. The van der Waals surface area contributed by atoms with Crippen molar-refractivity contribution in [2.24, 2.45) is 5.92 Å². The fourth-order valence-corrected chi connectivity index (χ4v) is 3.84. The molecule has 1 N–H and O–H groups in total. The average Bonchev–Trinajstić information content (AvgIpc) is 2.97. The SMILES string of the molecule is CCOCC(=O)OCOc1c(OC)ccnc1C(=O)N[C@H]1COC(=O)[C@H](Cc2ccccc2)C[C@H](C)OC1=O. The lowest BCUT2D eigenvalue weighted by Crippen LogP contribution is -2.46. The fourth-order valence-electron chi connectivity index (χ4n) is 3.84. The van der Waals surface area contributed by atoms with Gasteiger partial charge >= 0.3 is 17.9 Å². The number of methoxy groups -OCH3 is 1. The van der Waals surface area contributed by atoms with Gasteiger partial charge in [0.15, 0.2) is 23.2 Å². The molecular formula is C27H32N2O10. The summed E-state index contributed by atoms with van der Waals surface area (Å²) < 4.78 is 31.5. The first-order valence-corrected chi connectivity index (χ1v) is 12.4. The first kappa shape index (κ1) is 29.4. The van der Waals surface area contributed by atoms with Crippen LogP contribution in [0.4, 0.5) is 0 Å². The molecule has 0 saturated carbocycles. The van der Waals surface area contributed by atoms with E-state index < -0.39 is 55.3 Å². The Morgan fingerprint density at radius 2 is 1.90 bits per heavy atom. The largest absolute Gasteiger partial charge is 0.493 e. The van der Waals surface area contributed by atoms with Crippen LogP contribution < -0.4 is 14.8 Å². The van der Waals surface area contributed by atoms with Crippen LogP contribution in [-0.2, 0) is 39.8 Å². The van der Waals surface area contributed by atoms with Crippen LogP contribution in [-0.4, -0.2) is 74.7 Å². The minimum atomic E-state index is -1.30. The van der Waals surface area contributed by atoms with Gasteiger partial charge in [-0.25, -0.2) is 14.6 Å². The van der Waals surface area contributed by atoms with E-state index in [1.54, 1.807) is 13.8 Å². The number of esters is 3. The normalized spacial score (nSPS) is 19.4. The summed E-state index contributed by atoms with van der Waals surface area (Å²) in [4.78, 5) is 54.6. The van der Waals surface area contributed by atoms with Crippen LogP contribution in [0.25, 0.3) is 0 Å². The number of nitrogens with one attached hydrogen (secondary N) is 1. The highest BCUT2D eigenvalue weighted by atomic mass is 16.7. The molecule has 39 heavy (non-hydrogen) atoms. The lowest BCUT2D eigenvalue weighted by Gasteiger charge is -2.19. The number of pyridine rings is 1. The van der Waals surface area contributed by atoms with Crippen molar-refractivity contribution in [1.82, 2.24) is 10.3 Å². The van der Waals surface area contributed by atoms with Crippen LogP contribution in [0, 0.1) is 5.92 Å². The minimum Gasteiger partial charge on any atom is -0.493 e. The van der Waals surface area contributed by atoms with E-state index >= 15 is 0 Å². The van der Waals surface area contributed by atoms with Gasteiger partial charge in [-0.05, 0) is 32.3 Å². The van der Waals surface area contributed by atoms with Gasteiger partial charge in [0.2, 0.25) is 6.79 Å². The number of carbonyl (C=O) groups excluding carboxylic acids is 4. The van der Waals surface area contributed by atoms with E-state index in [2.05, 4.69) is 10.3 Å². The molecule has 3 rings (SSSR count). The van der Waals surface area contributed by atoms with Crippen LogP contribution in [0.1, 0.15) is 36.3 Å². The van der Waals surface area contributed by atoms with Crippen LogP contribution in [0.5, 0.6) is 11.5 Å². The highest BCUT2D eigenvalue weighted by Gasteiger charge is 2.33. The predicted molar refractivity (Wildman–Crippen MR) is 135 cm³/mol. The zero-order chi connectivity index (χ0) is 28.2. The van der Waals surface area contributed by atoms with Gasteiger partial charge in [-0.3, -0.25) is 9.59 Å². The maximum absolute atomic E-state index is 13.2. The van der Waals surface area contributed by atoms with Crippen LogP contribution in [0.3, 0.4) is 0 Å². The maximum Gasteiger partial charge on any atom is 0.334 e. The number of carbonyl (C=O) groups is 4. The molecule has 0 spiro atoms. The predicted octanol–water partition coefficient (Wildman–Crippen LogP) is 1.84. The van der Waals surface area contributed by atoms with Gasteiger partial charge in [0, 0.05) is 18.9 Å². The van der Waals surface area contributed by atoms with Gasteiger partial charge in [-0.15, -0.1) is 0 Å². The monoisotopic (exact) mass is 544 g/mol. The number of ether oxygens (including phenoxy) is 6. The molecule has 210 valence electrons. The smallest absolute Gasteiger partial charge is 0.334 e. The van der Waals surface area contributed by atoms with E-state index in [-0.39, 0.29) is 30.2 Å². The summed E-state index contributed by atoms with van der Waals surface area (Å²) in [5, 5.41) is 2.49. The Morgan fingerprint density at radius 3 is 2.62 bits per heavy atom. The first-order valence-electron chi connectivity index (χ1n) is 12.4. The quantitative estimate of drug-likeness (QED) is 0.251. The van der Waals surface area contributed by atoms with Crippen molar-refractivity contribution in [1.29, 1.82) is 0 Å². The van der Waals surface area contributed by atoms with E-state index in [0.717, 1.165) is 5.56 Å². The van der Waals surface area contributed by atoms with Gasteiger partial charge < -0.3 is 33.7 Å².